The van der Waals surface area contributed by atoms with E-state index in [4.69, 9.17) is 0 Å². The summed E-state index contributed by atoms with van der Waals surface area (Å²) in [5.41, 5.74) is 1.09. The first-order chi connectivity index (χ1) is 12.6. The maximum absolute atomic E-state index is 12.3. The first kappa shape index (κ1) is 21.9. The van der Waals surface area contributed by atoms with Gasteiger partial charge in [0.05, 0.1) is 17.2 Å². The van der Waals surface area contributed by atoms with E-state index >= 15 is 0 Å². The number of halogens is 1. The van der Waals surface area contributed by atoms with Gasteiger partial charge >= 0.3 is 5.69 Å². The molecular weight excluding hydrogens is 477 g/mol. The van der Waals surface area contributed by atoms with E-state index in [2.05, 4.69) is 25.7 Å². The van der Waals surface area contributed by atoms with E-state index in [9.17, 15) is 4.79 Å². The predicted octanol–water partition coefficient (Wildman–Crippen LogP) is 1.83. The second-order valence-electron chi connectivity index (χ2n) is 6.48. The summed E-state index contributed by atoms with van der Waals surface area (Å²) < 4.78 is 3.42. The van der Waals surface area contributed by atoms with Crippen LogP contribution >= 0.6 is 35.3 Å². The van der Waals surface area contributed by atoms with E-state index in [1.165, 1.54) is 4.88 Å². The third-order valence-electron chi connectivity index (χ3n) is 4.51. The summed E-state index contributed by atoms with van der Waals surface area (Å²) >= 11 is 1.70. The highest BCUT2D eigenvalue weighted by Crippen LogP contribution is 2.16. The molecule has 27 heavy (non-hydrogen) atoms. The van der Waals surface area contributed by atoms with Crippen LogP contribution in [0.1, 0.15) is 40.7 Å². The molecule has 2 aromatic heterocycles. The second kappa shape index (κ2) is 10.2. The van der Waals surface area contributed by atoms with Gasteiger partial charge in [0.2, 0.25) is 0 Å². The molecule has 0 unspecified atom stereocenters. The molecule has 3 rings (SSSR count). The summed E-state index contributed by atoms with van der Waals surface area (Å²) in [5, 5.41) is 12.1. The molecule has 1 aliphatic rings. The molecule has 3 heterocycles. The number of nitrogens with one attached hydrogen (secondary N) is 2. The molecule has 2 N–H and O–H groups in total. The Balaban J connectivity index is 0.00000261. The lowest BCUT2D eigenvalue weighted by Crippen LogP contribution is -2.37. The van der Waals surface area contributed by atoms with Crippen molar-refractivity contribution in [1.82, 2.24) is 30.0 Å². The van der Waals surface area contributed by atoms with E-state index in [0.29, 0.717) is 13.1 Å². The molecule has 10 heteroatoms. The minimum atomic E-state index is 0. The van der Waals surface area contributed by atoms with Gasteiger partial charge in [-0.05, 0) is 33.1 Å². The topological polar surface area (TPSA) is 89.1 Å². The minimum absolute atomic E-state index is 0. The van der Waals surface area contributed by atoms with Crippen LogP contribution < -0.4 is 16.3 Å². The molecule has 150 valence electrons. The number of nitrogens with zero attached hydrogens (tertiary/aromatic N) is 5. The Morgan fingerprint density at radius 2 is 2.11 bits per heavy atom. The predicted molar refractivity (Wildman–Crippen MR) is 119 cm³/mol. The monoisotopic (exact) mass is 505 g/mol. The minimum Gasteiger partial charge on any atom is -0.356 e. The van der Waals surface area contributed by atoms with E-state index in [1.54, 1.807) is 23.1 Å². The average molecular weight is 505 g/mol. The number of fused-ring (bicyclic) bond motifs is 1. The van der Waals surface area contributed by atoms with Crippen LogP contribution in [0.4, 0.5) is 0 Å². The van der Waals surface area contributed by atoms with Crippen molar-refractivity contribution in [2.45, 2.75) is 59.2 Å². The highest BCUT2D eigenvalue weighted by Gasteiger charge is 2.16. The number of aryl methyl sites for hydroxylation is 4. The number of aromatic nitrogens is 4. The number of thiazole rings is 1. The van der Waals surface area contributed by atoms with Crippen LogP contribution in [0, 0.1) is 13.8 Å². The fourth-order valence-electron chi connectivity index (χ4n) is 3.15. The van der Waals surface area contributed by atoms with Crippen LogP contribution in [-0.2, 0) is 26.1 Å². The zero-order chi connectivity index (χ0) is 18.5. The zero-order valence-electron chi connectivity index (χ0n) is 16.1. The van der Waals surface area contributed by atoms with Crippen LogP contribution in [0.25, 0.3) is 0 Å². The summed E-state index contributed by atoms with van der Waals surface area (Å²) in [5.74, 6) is 1.69. The largest absolute Gasteiger partial charge is 0.356 e. The van der Waals surface area contributed by atoms with Crippen molar-refractivity contribution in [2.75, 3.05) is 13.6 Å². The van der Waals surface area contributed by atoms with E-state index < -0.39 is 0 Å². The molecular formula is C17H28IN7OS. The van der Waals surface area contributed by atoms with E-state index in [-0.39, 0.29) is 29.7 Å². The SMILES string of the molecule is CN=C(NCCCn1nc2n(c1=O)CCCC2)NCc1sc(C)nc1C.I. The zero-order valence-corrected chi connectivity index (χ0v) is 19.3. The molecule has 0 atom stereocenters. The van der Waals surface area contributed by atoms with Crippen LogP contribution in [0.3, 0.4) is 0 Å². The summed E-state index contributed by atoms with van der Waals surface area (Å²) in [6.07, 6.45) is 3.92. The molecule has 0 aromatic carbocycles. The lowest BCUT2D eigenvalue weighted by molar-refractivity contribution is 0.509. The highest BCUT2D eigenvalue weighted by molar-refractivity contribution is 14.0. The van der Waals surface area contributed by atoms with Crippen molar-refractivity contribution in [3.05, 3.63) is 31.9 Å². The molecule has 0 bridgehead atoms. The standard InChI is InChI=1S/C17H27N7OS.HI/c1-12-14(26-13(2)21-12)11-20-16(18-3)19-8-6-10-24-17(25)23-9-5-4-7-15(23)22-24;/h4-11H2,1-3H3,(H2,18,19,20);1H. The fourth-order valence-corrected chi connectivity index (χ4v) is 4.03. The second-order valence-corrected chi connectivity index (χ2v) is 7.77. The van der Waals surface area contributed by atoms with Crippen molar-refractivity contribution in [3.8, 4) is 0 Å². The van der Waals surface area contributed by atoms with Gasteiger partial charge < -0.3 is 10.6 Å². The molecule has 8 nitrogen and oxygen atoms in total. The van der Waals surface area contributed by atoms with Crippen LogP contribution in [0.2, 0.25) is 0 Å². The van der Waals surface area contributed by atoms with Gasteiger partial charge in [0.1, 0.15) is 5.82 Å². The molecule has 0 fully saturated rings. The Morgan fingerprint density at radius 1 is 1.30 bits per heavy atom. The number of rotatable bonds is 6. The van der Waals surface area contributed by atoms with Gasteiger partial charge in [-0.15, -0.1) is 35.3 Å². The lowest BCUT2D eigenvalue weighted by Gasteiger charge is -2.11. The summed E-state index contributed by atoms with van der Waals surface area (Å²) in [6.45, 7) is 6.91. The van der Waals surface area contributed by atoms with E-state index in [0.717, 1.165) is 61.3 Å². The number of hydrogen-bond donors (Lipinski definition) is 2. The van der Waals surface area contributed by atoms with Crippen molar-refractivity contribution in [2.24, 2.45) is 4.99 Å². The number of aliphatic imine (C=N–C) groups is 1. The fraction of sp³-hybridized carbons (Fsp3) is 0.647. The number of guanidine groups is 1. The van der Waals surface area contributed by atoms with Gasteiger partial charge in [0.25, 0.3) is 0 Å². The summed E-state index contributed by atoms with van der Waals surface area (Å²) in [6, 6.07) is 0. The molecule has 0 aliphatic carbocycles. The molecule has 0 spiro atoms. The summed E-state index contributed by atoms with van der Waals surface area (Å²) in [4.78, 5) is 22.2. The van der Waals surface area contributed by atoms with Crippen molar-refractivity contribution < 1.29 is 0 Å². The van der Waals surface area contributed by atoms with Gasteiger partial charge in [0.15, 0.2) is 5.96 Å². The van der Waals surface area contributed by atoms with Gasteiger partial charge in [-0.1, -0.05) is 0 Å². The molecule has 1 aliphatic heterocycles. The van der Waals surface area contributed by atoms with E-state index in [1.807, 2.05) is 18.4 Å². The Morgan fingerprint density at radius 3 is 2.78 bits per heavy atom. The van der Waals surface area contributed by atoms with Crippen LogP contribution in [-0.4, -0.2) is 38.9 Å². The quantitative estimate of drug-likeness (QED) is 0.271. The maximum Gasteiger partial charge on any atom is 0.345 e. The van der Waals surface area contributed by atoms with Gasteiger partial charge in [0, 0.05) is 38.0 Å². The third-order valence-corrected chi connectivity index (χ3v) is 5.58. The first-order valence-electron chi connectivity index (χ1n) is 9.12. The normalized spacial score (nSPS) is 13.8. The van der Waals surface area contributed by atoms with Gasteiger partial charge in [-0.25, -0.2) is 14.5 Å². The first-order valence-corrected chi connectivity index (χ1v) is 9.94. The van der Waals surface area contributed by atoms with Crippen LogP contribution in [0.5, 0.6) is 0 Å². The van der Waals surface area contributed by atoms with Gasteiger partial charge in [-0.2, -0.15) is 5.10 Å². The molecule has 0 radical (unpaired) electrons. The van der Waals surface area contributed by atoms with Gasteiger partial charge in [-0.3, -0.25) is 9.56 Å². The van der Waals surface area contributed by atoms with Crippen molar-refractivity contribution in [1.29, 1.82) is 0 Å². The molecule has 0 saturated carbocycles. The average Bonchev–Trinajstić information content (AvgIpc) is 3.13. The maximum atomic E-state index is 12.3. The Kier molecular flexibility index (Phi) is 8.27. The lowest BCUT2D eigenvalue weighted by atomic mass is 10.2. The van der Waals surface area contributed by atoms with Crippen molar-refractivity contribution in [3.63, 3.8) is 0 Å². The highest BCUT2D eigenvalue weighted by atomic mass is 127. The Labute approximate surface area is 180 Å². The van der Waals surface area contributed by atoms with Crippen molar-refractivity contribution >= 4 is 41.3 Å². The third kappa shape index (κ3) is 5.53. The Bertz CT molecular complexity index is 839. The molecule has 0 amide bonds. The van der Waals surface area contributed by atoms with Crippen LogP contribution in [0.15, 0.2) is 9.79 Å². The summed E-state index contributed by atoms with van der Waals surface area (Å²) in [7, 11) is 1.76. The Hall–Kier alpha value is -1.43. The smallest absolute Gasteiger partial charge is 0.345 e. The number of hydrogen-bond acceptors (Lipinski definition) is 5. The molecule has 0 saturated heterocycles. The molecule has 2 aromatic rings.